The molecule has 3 aromatic rings. The number of carbonyl (C=O) groups excluding carboxylic acids is 2. The summed E-state index contributed by atoms with van der Waals surface area (Å²) in [6, 6.07) is 21.4. The second kappa shape index (κ2) is 7.92. The van der Waals surface area contributed by atoms with E-state index < -0.39 is 17.7 Å². The Hall–Kier alpha value is -3.18. The molecule has 0 spiro atoms. The highest BCUT2D eigenvalue weighted by atomic mass is 79.9. The summed E-state index contributed by atoms with van der Waals surface area (Å²) in [4.78, 5) is 27.6. The van der Waals surface area contributed by atoms with Crippen molar-refractivity contribution < 1.29 is 14.7 Å². The number of hydrogen-bond acceptors (Lipinski definition) is 3. The van der Waals surface area contributed by atoms with E-state index >= 15 is 0 Å². The van der Waals surface area contributed by atoms with E-state index in [2.05, 4.69) is 15.9 Å². The zero-order valence-electron chi connectivity index (χ0n) is 16.6. The zero-order valence-corrected chi connectivity index (χ0v) is 18.2. The lowest BCUT2D eigenvalue weighted by atomic mass is 9.95. The lowest BCUT2D eigenvalue weighted by Crippen LogP contribution is -2.29. The lowest BCUT2D eigenvalue weighted by Gasteiger charge is -2.25. The summed E-state index contributed by atoms with van der Waals surface area (Å²) in [5.74, 6) is -1.52. The highest BCUT2D eigenvalue weighted by Crippen LogP contribution is 2.42. The molecule has 1 aliphatic heterocycles. The number of benzene rings is 3. The van der Waals surface area contributed by atoms with Gasteiger partial charge in [0.1, 0.15) is 5.76 Å². The van der Waals surface area contributed by atoms with Gasteiger partial charge in [-0.15, -0.1) is 0 Å². The molecular weight excluding hydrogens is 442 g/mol. The van der Waals surface area contributed by atoms with Crippen LogP contribution in [0.15, 0.2) is 82.8 Å². The third kappa shape index (κ3) is 3.57. The Morgan fingerprint density at radius 2 is 1.37 bits per heavy atom. The first-order valence-electron chi connectivity index (χ1n) is 9.57. The van der Waals surface area contributed by atoms with E-state index in [-0.39, 0.29) is 11.3 Å². The van der Waals surface area contributed by atoms with Gasteiger partial charge in [0.15, 0.2) is 0 Å². The van der Waals surface area contributed by atoms with Crippen molar-refractivity contribution in [2.75, 3.05) is 4.90 Å². The Kier molecular flexibility index (Phi) is 5.31. The molecule has 1 N–H and O–H groups in total. The van der Waals surface area contributed by atoms with Gasteiger partial charge in [-0.2, -0.15) is 0 Å². The summed E-state index contributed by atoms with van der Waals surface area (Å²) in [6.45, 7) is 3.91. The number of carbonyl (C=O) groups is 2. The van der Waals surface area contributed by atoms with E-state index in [4.69, 9.17) is 0 Å². The number of Topliss-reactive ketones (excluding diaryl/α,β-unsaturated/α-hetero) is 1. The number of halogens is 1. The minimum absolute atomic E-state index is 0.0896. The minimum atomic E-state index is -0.720. The number of amides is 1. The molecule has 0 saturated carbocycles. The minimum Gasteiger partial charge on any atom is -0.507 e. The van der Waals surface area contributed by atoms with E-state index in [1.165, 1.54) is 4.90 Å². The third-order valence-corrected chi connectivity index (χ3v) is 5.80. The van der Waals surface area contributed by atoms with Crippen LogP contribution in [0.25, 0.3) is 5.76 Å². The average Bonchev–Trinajstić information content (AvgIpc) is 3.00. The molecule has 150 valence electrons. The Bertz CT molecular complexity index is 1150. The second-order valence-electron chi connectivity index (χ2n) is 7.42. The van der Waals surface area contributed by atoms with Crippen LogP contribution in [0.5, 0.6) is 0 Å². The molecule has 4 nitrogen and oxygen atoms in total. The van der Waals surface area contributed by atoms with Gasteiger partial charge >= 0.3 is 0 Å². The normalized spacial score (nSPS) is 18.1. The van der Waals surface area contributed by atoms with Gasteiger partial charge in [-0.25, -0.2) is 0 Å². The number of rotatable bonds is 3. The molecule has 0 radical (unpaired) electrons. The monoisotopic (exact) mass is 461 g/mol. The van der Waals surface area contributed by atoms with E-state index in [0.29, 0.717) is 11.3 Å². The first-order valence-corrected chi connectivity index (χ1v) is 10.4. The average molecular weight is 462 g/mol. The molecule has 1 heterocycles. The van der Waals surface area contributed by atoms with E-state index in [1.54, 1.807) is 12.1 Å². The first kappa shape index (κ1) is 20.1. The lowest BCUT2D eigenvalue weighted by molar-refractivity contribution is -0.132. The number of aryl methyl sites for hydroxylation is 2. The summed E-state index contributed by atoms with van der Waals surface area (Å²) >= 11 is 3.42. The SMILES string of the molecule is Cc1ccc(C(O)=C2C(=O)C(=O)N(c3ccc(C)cc3)[C@H]2c2ccc(Br)cc2)cc1. The predicted octanol–water partition coefficient (Wildman–Crippen LogP) is 5.69. The van der Waals surface area contributed by atoms with Gasteiger partial charge in [-0.05, 0) is 43.7 Å². The Morgan fingerprint density at radius 1 is 0.833 bits per heavy atom. The summed E-state index contributed by atoms with van der Waals surface area (Å²) in [5.41, 5.74) is 4.04. The molecule has 1 saturated heterocycles. The van der Waals surface area contributed by atoms with Crippen LogP contribution in [0.1, 0.15) is 28.3 Å². The molecule has 1 fully saturated rings. The fourth-order valence-corrected chi connectivity index (χ4v) is 3.90. The molecule has 4 rings (SSSR count). The molecule has 0 aromatic heterocycles. The van der Waals surface area contributed by atoms with E-state index in [0.717, 1.165) is 21.2 Å². The first-order chi connectivity index (χ1) is 14.4. The van der Waals surface area contributed by atoms with Crippen LogP contribution < -0.4 is 4.90 Å². The van der Waals surface area contributed by atoms with E-state index in [9.17, 15) is 14.7 Å². The highest BCUT2D eigenvalue weighted by molar-refractivity contribution is 9.10. The molecule has 0 aliphatic carbocycles. The van der Waals surface area contributed by atoms with Gasteiger partial charge in [0, 0.05) is 15.7 Å². The van der Waals surface area contributed by atoms with E-state index in [1.807, 2.05) is 74.5 Å². The van der Waals surface area contributed by atoms with Crippen LogP contribution >= 0.6 is 15.9 Å². The van der Waals surface area contributed by atoms with Gasteiger partial charge in [0.25, 0.3) is 11.7 Å². The summed E-state index contributed by atoms with van der Waals surface area (Å²) in [7, 11) is 0. The quantitative estimate of drug-likeness (QED) is 0.309. The Balaban J connectivity index is 1.93. The van der Waals surface area contributed by atoms with Crippen LogP contribution in [-0.2, 0) is 9.59 Å². The smallest absolute Gasteiger partial charge is 0.300 e. The van der Waals surface area contributed by atoms with Gasteiger partial charge < -0.3 is 5.11 Å². The van der Waals surface area contributed by atoms with Crippen LogP contribution in [-0.4, -0.2) is 16.8 Å². The molecule has 0 unspecified atom stereocenters. The molecular formula is C25H20BrNO3. The van der Waals surface area contributed by atoms with Crippen LogP contribution in [0.2, 0.25) is 0 Å². The number of hydrogen-bond donors (Lipinski definition) is 1. The summed E-state index contributed by atoms with van der Waals surface area (Å²) in [6.07, 6.45) is 0. The summed E-state index contributed by atoms with van der Waals surface area (Å²) in [5, 5.41) is 11.1. The number of aliphatic hydroxyl groups excluding tert-OH is 1. The molecule has 5 heteroatoms. The van der Waals surface area contributed by atoms with Crippen molar-refractivity contribution >= 4 is 39.1 Å². The molecule has 1 aliphatic rings. The third-order valence-electron chi connectivity index (χ3n) is 5.27. The van der Waals surface area contributed by atoms with Crippen LogP contribution in [0.4, 0.5) is 5.69 Å². The van der Waals surface area contributed by atoms with Crippen molar-refractivity contribution in [3.8, 4) is 0 Å². The summed E-state index contributed by atoms with van der Waals surface area (Å²) < 4.78 is 0.886. The number of anilines is 1. The Labute approximate surface area is 183 Å². The highest BCUT2D eigenvalue weighted by Gasteiger charge is 2.46. The molecule has 0 bridgehead atoms. The number of nitrogens with zero attached hydrogens (tertiary/aromatic N) is 1. The van der Waals surface area contributed by atoms with Gasteiger partial charge in [0.05, 0.1) is 11.6 Å². The van der Waals surface area contributed by atoms with Gasteiger partial charge in [-0.3, -0.25) is 14.5 Å². The predicted molar refractivity (Wildman–Crippen MR) is 121 cm³/mol. The zero-order chi connectivity index (χ0) is 21.4. The molecule has 30 heavy (non-hydrogen) atoms. The van der Waals surface area contributed by atoms with Crippen molar-refractivity contribution in [2.45, 2.75) is 19.9 Å². The van der Waals surface area contributed by atoms with Gasteiger partial charge in [-0.1, -0.05) is 75.6 Å². The molecule has 3 aromatic carbocycles. The standard InChI is InChI=1S/C25H20BrNO3/c1-15-3-7-18(8-4-15)23(28)21-22(17-9-11-19(26)12-10-17)27(25(30)24(21)29)20-13-5-16(2)6-14-20/h3-14,22,28H,1-2H3/t22-/m0/s1. The second-order valence-corrected chi connectivity index (χ2v) is 8.34. The maximum Gasteiger partial charge on any atom is 0.300 e. The molecule has 1 atom stereocenters. The van der Waals surface area contributed by atoms with Crippen LogP contribution in [0.3, 0.4) is 0 Å². The maximum atomic E-state index is 13.1. The Morgan fingerprint density at radius 3 is 1.93 bits per heavy atom. The number of aliphatic hydroxyl groups is 1. The largest absolute Gasteiger partial charge is 0.507 e. The van der Waals surface area contributed by atoms with Crippen molar-refractivity contribution in [2.24, 2.45) is 0 Å². The van der Waals surface area contributed by atoms with Crippen molar-refractivity contribution in [3.05, 3.63) is 105 Å². The number of ketones is 1. The van der Waals surface area contributed by atoms with Gasteiger partial charge in [0.2, 0.25) is 0 Å². The topological polar surface area (TPSA) is 57.6 Å². The molecule has 1 amide bonds. The van der Waals surface area contributed by atoms with Crippen molar-refractivity contribution in [1.82, 2.24) is 0 Å². The maximum absolute atomic E-state index is 13.1. The van der Waals surface area contributed by atoms with Crippen LogP contribution in [0, 0.1) is 13.8 Å². The van der Waals surface area contributed by atoms with Crippen molar-refractivity contribution in [1.29, 1.82) is 0 Å². The van der Waals surface area contributed by atoms with Crippen molar-refractivity contribution in [3.63, 3.8) is 0 Å². The fourth-order valence-electron chi connectivity index (χ4n) is 3.63. The fraction of sp³-hybridized carbons (Fsp3) is 0.120.